The van der Waals surface area contributed by atoms with Crippen LogP contribution in [0.3, 0.4) is 0 Å². The number of carbonyl (C=O) groups excluding carboxylic acids is 1. The summed E-state index contributed by atoms with van der Waals surface area (Å²) in [4.78, 5) is 16.8. The van der Waals surface area contributed by atoms with E-state index in [0.717, 1.165) is 29.7 Å². The molecule has 0 radical (unpaired) electrons. The third-order valence-electron chi connectivity index (χ3n) is 5.06. The van der Waals surface area contributed by atoms with Crippen LogP contribution in [0.1, 0.15) is 29.8 Å². The van der Waals surface area contributed by atoms with Crippen LogP contribution in [-0.2, 0) is 27.7 Å². The number of aromatic nitrogens is 1. The highest BCUT2D eigenvalue weighted by Crippen LogP contribution is 2.35. The average Bonchev–Trinajstić information content (AvgIpc) is 3.41. The zero-order chi connectivity index (χ0) is 20.6. The third-order valence-corrected chi connectivity index (χ3v) is 6.26. The molecule has 0 saturated heterocycles. The van der Waals surface area contributed by atoms with Gasteiger partial charge in [-0.1, -0.05) is 24.3 Å². The lowest BCUT2D eigenvalue weighted by Gasteiger charge is -2.13. The van der Waals surface area contributed by atoms with Gasteiger partial charge in [0.1, 0.15) is 11.6 Å². The number of carbonyl (C=O) groups is 1. The first kappa shape index (κ1) is 19.5. The molecule has 7 heteroatoms. The molecule has 2 aromatic rings. The van der Waals surface area contributed by atoms with E-state index < -0.39 is 15.8 Å². The minimum absolute atomic E-state index is 0.110. The molecule has 0 aliphatic heterocycles. The molecule has 0 amide bonds. The summed E-state index contributed by atoms with van der Waals surface area (Å²) in [6.45, 7) is 3.39. The second kappa shape index (κ2) is 7.55. The predicted octanol–water partition coefficient (Wildman–Crippen LogP) is 3.91. The molecule has 5 nitrogen and oxygen atoms in total. The first-order valence-corrected chi connectivity index (χ1v) is 11.1. The lowest BCUT2D eigenvalue weighted by molar-refractivity contribution is -0.119. The van der Waals surface area contributed by atoms with Crippen molar-refractivity contribution < 1.29 is 17.6 Å². The molecule has 0 atom stereocenters. The van der Waals surface area contributed by atoms with Crippen LogP contribution in [0.5, 0.6) is 0 Å². The second-order valence-corrected chi connectivity index (χ2v) is 9.18. The largest absolute Gasteiger partial charge is 0.299 e. The lowest BCUT2D eigenvalue weighted by Crippen LogP contribution is -2.16. The summed E-state index contributed by atoms with van der Waals surface area (Å²) in [6.07, 6.45) is 8.04. The highest BCUT2D eigenvalue weighted by molar-refractivity contribution is 7.92. The van der Waals surface area contributed by atoms with Crippen molar-refractivity contribution >= 4 is 27.6 Å². The van der Waals surface area contributed by atoms with Crippen molar-refractivity contribution in [1.82, 2.24) is 4.98 Å². The van der Waals surface area contributed by atoms with Gasteiger partial charge in [-0.3, -0.25) is 14.5 Å². The van der Waals surface area contributed by atoms with Crippen LogP contribution < -0.4 is 4.72 Å². The second-order valence-electron chi connectivity index (χ2n) is 7.41. The molecule has 29 heavy (non-hydrogen) atoms. The van der Waals surface area contributed by atoms with Crippen LogP contribution in [-0.4, -0.2) is 24.9 Å². The first-order chi connectivity index (χ1) is 13.9. The number of rotatable bonds is 8. The molecule has 1 heterocycles. The van der Waals surface area contributed by atoms with Crippen molar-refractivity contribution in [3.63, 3.8) is 0 Å². The molecular formula is C22H21FN2O3S. The van der Waals surface area contributed by atoms with E-state index in [1.807, 2.05) is 18.2 Å². The summed E-state index contributed by atoms with van der Waals surface area (Å²) in [5.41, 5.74) is 3.77. The van der Waals surface area contributed by atoms with Gasteiger partial charge in [0.15, 0.2) is 0 Å². The Morgan fingerprint density at radius 1 is 1.31 bits per heavy atom. The molecule has 2 aliphatic rings. The van der Waals surface area contributed by atoms with E-state index >= 15 is 0 Å². The van der Waals surface area contributed by atoms with Crippen LogP contribution in [0.15, 0.2) is 43.0 Å². The number of fused-ring (bicyclic) bond motifs is 1. The molecule has 0 spiro atoms. The smallest absolute Gasteiger partial charge is 0.236 e. The van der Waals surface area contributed by atoms with Gasteiger partial charge in [-0.05, 0) is 42.2 Å². The summed E-state index contributed by atoms with van der Waals surface area (Å²) in [6, 6.07) is 6.22. The van der Waals surface area contributed by atoms with E-state index in [0.29, 0.717) is 17.7 Å². The number of Topliss-reactive ketones (excluding diaryl/α,β-unsaturated/α-hetero) is 1. The lowest BCUT2D eigenvalue weighted by atomic mass is 9.97. The van der Waals surface area contributed by atoms with E-state index in [9.17, 15) is 17.6 Å². The molecule has 0 bridgehead atoms. The fraction of sp³-hybridized carbons (Fsp3) is 0.273. The Bertz CT molecular complexity index is 1130. The predicted molar refractivity (Wildman–Crippen MR) is 111 cm³/mol. The first-order valence-electron chi connectivity index (χ1n) is 9.49. The summed E-state index contributed by atoms with van der Waals surface area (Å²) in [5.74, 6) is -0.604. The van der Waals surface area contributed by atoms with E-state index in [1.54, 1.807) is 6.07 Å². The molecule has 4 rings (SSSR count). The number of anilines is 1. The zero-order valence-electron chi connectivity index (χ0n) is 15.8. The van der Waals surface area contributed by atoms with E-state index in [2.05, 4.69) is 16.3 Å². The number of allylic oxidation sites excluding steroid dienone is 1. The topological polar surface area (TPSA) is 76.1 Å². The summed E-state index contributed by atoms with van der Waals surface area (Å²) >= 11 is 0. The molecule has 1 N–H and O–H groups in total. The molecule has 0 unspecified atom stereocenters. The maximum atomic E-state index is 14.6. The average molecular weight is 412 g/mol. The summed E-state index contributed by atoms with van der Waals surface area (Å²) in [7, 11) is -3.68. The van der Waals surface area contributed by atoms with Crippen molar-refractivity contribution in [3.05, 3.63) is 65.8 Å². The van der Waals surface area contributed by atoms with E-state index in [4.69, 9.17) is 0 Å². The van der Waals surface area contributed by atoms with Crippen LogP contribution in [0.2, 0.25) is 0 Å². The number of benzene rings is 1. The normalized spacial score (nSPS) is 15.2. The van der Waals surface area contributed by atoms with Crippen LogP contribution in [0.4, 0.5) is 10.1 Å². The molecule has 1 aromatic heterocycles. The van der Waals surface area contributed by atoms with Gasteiger partial charge < -0.3 is 0 Å². The SMILES string of the molecule is C=CCS(=O)(=O)Nc1ccc(-c2cc(CC(=O)C3CC3)nc3c2C=CC3)cc1F. The zero-order valence-corrected chi connectivity index (χ0v) is 16.6. The Morgan fingerprint density at radius 2 is 2.10 bits per heavy atom. The minimum Gasteiger partial charge on any atom is -0.299 e. The van der Waals surface area contributed by atoms with Gasteiger partial charge >= 0.3 is 0 Å². The Morgan fingerprint density at radius 3 is 2.79 bits per heavy atom. The van der Waals surface area contributed by atoms with Crippen LogP contribution >= 0.6 is 0 Å². The molecule has 1 saturated carbocycles. The van der Waals surface area contributed by atoms with E-state index in [1.165, 1.54) is 18.2 Å². The maximum absolute atomic E-state index is 14.6. The van der Waals surface area contributed by atoms with Gasteiger partial charge in [0.2, 0.25) is 10.0 Å². The van der Waals surface area contributed by atoms with Gasteiger partial charge in [-0.25, -0.2) is 12.8 Å². The Balaban J connectivity index is 1.67. The van der Waals surface area contributed by atoms with Crippen LogP contribution in [0, 0.1) is 11.7 Å². The molecule has 2 aliphatic carbocycles. The number of ketones is 1. The van der Waals surface area contributed by atoms with Crippen molar-refractivity contribution in [2.75, 3.05) is 10.5 Å². The molecule has 150 valence electrons. The number of hydrogen-bond acceptors (Lipinski definition) is 4. The number of halogens is 1. The van der Waals surface area contributed by atoms with E-state index in [-0.39, 0.29) is 29.6 Å². The van der Waals surface area contributed by atoms with Gasteiger partial charge in [0.05, 0.1) is 17.1 Å². The fourth-order valence-corrected chi connectivity index (χ4v) is 4.38. The summed E-state index contributed by atoms with van der Waals surface area (Å²) in [5, 5.41) is 0. The third kappa shape index (κ3) is 4.29. The monoisotopic (exact) mass is 412 g/mol. The number of nitrogens with zero attached hydrogens (tertiary/aromatic N) is 1. The molecular weight excluding hydrogens is 391 g/mol. The minimum atomic E-state index is -3.68. The fourth-order valence-electron chi connectivity index (χ4n) is 3.48. The van der Waals surface area contributed by atoms with Gasteiger partial charge in [0.25, 0.3) is 0 Å². The van der Waals surface area contributed by atoms with Gasteiger partial charge in [0, 0.05) is 30.0 Å². The number of nitrogens with one attached hydrogen (secondary N) is 1. The Labute approximate surface area is 169 Å². The number of pyridine rings is 1. The molecule has 1 aromatic carbocycles. The van der Waals surface area contributed by atoms with Crippen molar-refractivity contribution in [1.29, 1.82) is 0 Å². The van der Waals surface area contributed by atoms with Gasteiger partial charge in [-0.15, -0.1) is 6.58 Å². The van der Waals surface area contributed by atoms with Crippen molar-refractivity contribution in [3.8, 4) is 11.1 Å². The van der Waals surface area contributed by atoms with Crippen molar-refractivity contribution in [2.24, 2.45) is 5.92 Å². The van der Waals surface area contributed by atoms with Crippen molar-refractivity contribution in [2.45, 2.75) is 25.7 Å². The Kier molecular flexibility index (Phi) is 5.08. The van der Waals surface area contributed by atoms with Crippen LogP contribution in [0.25, 0.3) is 17.2 Å². The highest BCUT2D eigenvalue weighted by Gasteiger charge is 2.30. The quantitative estimate of drug-likeness (QED) is 0.667. The van der Waals surface area contributed by atoms with Gasteiger partial charge in [-0.2, -0.15) is 0 Å². The molecule has 1 fully saturated rings. The Hall–Kier alpha value is -2.80. The highest BCUT2D eigenvalue weighted by atomic mass is 32.2. The standard InChI is InChI=1S/C22H21FN2O3S/c1-2-10-29(27,28)25-21-9-8-15(11-19(21)23)18-12-16(13-22(26)14-6-7-14)24-20-5-3-4-17(18)20/h2-4,8-9,11-12,14,25H,1,5-7,10,13H2. The summed E-state index contributed by atoms with van der Waals surface area (Å²) < 4.78 is 40.6. The number of hydrogen-bond donors (Lipinski definition) is 1. The maximum Gasteiger partial charge on any atom is 0.236 e. The number of sulfonamides is 1.